The number of aryl methyl sites for hydroxylation is 1. The predicted octanol–water partition coefficient (Wildman–Crippen LogP) is 2.59. The fourth-order valence-corrected chi connectivity index (χ4v) is 3.94. The van der Waals surface area contributed by atoms with Crippen LogP contribution in [-0.2, 0) is 13.6 Å². The molecule has 4 aromatic rings. The third kappa shape index (κ3) is 3.21. The van der Waals surface area contributed by atoms with Gasteiger partial charge in [-0.1, -0.05) is 28.9 Å². The Morgan fingerprint density at radius 2 is 2.07 bits per heavy atom. The highest BCUT2D eigenvalue weighted by molar-refractivity contribution is 6.31. The van der Waals surface area contributed by atoms with Crippen LogP contribution in [0.3, 0.4) is 0 Å². The number of Topliss-reactive ketones (excluding diaryl/α,β-unsaturated/α-hetero) is 1. The topological polar surface area (TPSA) is 109 Å². The molecule has 0 spiro atoms. The molecule has 0 atom stereocenters. The highest BCUT2D eigenvalue weighted by atomic mass is 35.5. The number of hydrogen-bond donors (Lipinski definition) is 0. The summed E-state index contributed by atoms with van der Waals surface area (Å²) in [5.41, 5.74) is 1.21. The Morgan fingerprint density at radius 1 is 1.27 bits per heavy atom. The maximum Gasteiger partial charge on any atom is 0.280 e. The molecule has 10 heteroatoms. The number of imidazole rings is 1. The molecule has 0 radical (unpaired) electrons. The standard InChI is InChI=1S/C20H17ClN6O3/c1-26-9-22-19-16(26)20(29)27(10-23-19)8-15-24-18(25-30-15)13-5-12(6-13)17(28)11-3-2-4-14(21)7-11/h2-4,7,9-10,12-13H,5-6,8H2,1H3. The summed E-state index contributed by atoms with van der Waals surface area (Å²) in [5, 5.41) is 4.59. The number of carbonyl (C=O) groups excluding carboxylic acids is 1. The first kappa shape index (κ1) is 18.7. The summed E-state index contributed by atoms with van der Waals surface area (Å²) in [6.45, 7) is 0.123. The SMILES string of the molecule is Cn1cnc2ncn(Cc3nc(C4CC(C(=O)c5cccc(Cl)c5)C4)no3)c(=O)c21. The van der Waals surface area contributed by atoms with Crippen LogP contribution in [0.2, 0.25) is 5.02 Å². The molecule has 5 rings (SSSR count). The van der Waals surface area contributed by atoms with Gasteiger partial charge in [0.15, 0.2) is 22.8 Å². The second-order valence-electron chi connectivity index (χ2n) is 7.49. The van der Waals surface area contributed by atoms with Crippen molar-refractivity contribution in [1.29, 1.82) is 0 Å². The first-order chi connectivity index (χ1) is 14.5. The Balaban J connectivity index is 1.27. The second kappa shape index (κ2) is 7.17. The number of carbonyl (C=O) groups is 1. The van der Waals surface area contributed by atoms with Crippen molar-refractivity contribution < 1.29 is 9.32 Å². The van der Waals surface area contributed by atoms with Crippen LogP contribution in [0.25, 0.3) is 11.2 Å². The van der Waals surface area contributed by atoms with E-state index in [4.69, 9.17) is 16.1 Å². The van der Waals surface area contributed by atoms with Crippen molar-refractivity contribution in [2.75, 3.05) is 0 Å². The van der Waals surface area contributed by atoms with Crippen molar-refractivity contribution in [3.8, 4) is 0 Å². The highest BCUT2D eigenvalue weighted by Gasteiger charge is 2.38. The zero-order valence-corrected chi connectivity index (χ0v) is 16.8. The first-order valence-corrected chi connectivity index (χ1v) is 9.86. The lowest BCUT2D eigenvalue weighted by Crippen LogP contribution is -2.29. The van der Waals surface area contributed by atoms with E-state index in [-0.39, 0.29) is 29.7 Å². The molecule has 1 aliphatic carbocycles. The van der Waals surface area contributed by atoms with Gasteiger partial charge in [-0.05, 0) is 25.0 Å². The van der Waals surface area contributed by atoms with Gasteiger partial charge in [0.1, 0.15) is 12.9 Å². The number of aromatic nitrogens is 6. The first-order valence-electron chi connectivity index (χ1n) is 9.48. The molecule has 1 fully saturated rings. The third-order valence-corrected chi connectivity index (χ3v) is 5.71. The number of fused-ring (bicyclic) bond motifs is 1. The minimum atomic E-state index is -0.226. The minimum Gasteiger partial charge on any atom is -0.337 e. The molecule has 0 amide bonds. The lowest BCUT2D eigenvalue weighted by Gasteiger charge is -2.31. The Hall–Kier alpha value is -3.33. The predicted molar refractivity (Wildman–Crippen MR) is 107 cm³/mol. The van der Waals surface area contributed by atoms with E-state index in [2.05, 4.69) is 20.1 Å². The Labute approximate surface area is 175 Å². The lowest BCUT2D eigenvalue weighted by molar-refractivity contribution is 0.0824. The molecule has 1 saturated carbocycles. The van der Waals surface area contributed by atoms with E-state index in [9.17, 15) is 9.59 Å². The molecular weight excluding hydrogens is 408 g/mol. The number of rotatable bonds is 5. The summed E-state index contributed by atoms with van der Waals surface area (Å²) in [5.74, 6) is 0.946. The van der Waals surface area contributed by atoms with Crippen LogP contribution in [-0.4, -0.2) is 35.0 Å². The summed E-state index contributed by atoms with van der Waals surface area (Å²) in [7, 11) is 1.74. The summed E-state index contributed by atoms with van der Waals surface area (Å²) < 4.78 is 8.37. The fourth-order valence-electron chi connectivity index (χ4n) is 3.75. The van der Waals surface area contributed by atoms with Gasteiger partial charge >= 0.3 is 0 Å². The van der Waals surface area contributed by atoms with Crippen molar-refractivity contribution in [3.05, 3.63) is 69.6 Å². The summed E-state index contributed by atoms with van der Waals surface area (Å²) in [6, 6.07) is 6.99. The monoisotopic (exact) mass is 424 g/mol. The molecule has 0 aliphatic heterocycles. The largest absolute Gasteiger partial charge is 0.337 e. The van der Waals surface area contributed by atoms with Crippen molar-refractivity contribution >= 4 is 28.5 Å². The average Bonchev–Trinajstić information content (AvgIpc) is 3.30. The van der Waals surface area contributed by atoms with Crippen molar-refractivity contribution in [3.63, 3.8) is 0 Å². The van der Waals surface area contributed by atoms with Crippen LogP contribution in [0.5, 0.6) is 0 Å². The number of ketones is 1. The molecule has 1 aromatic carbocycles. The molecule has 0 saturated heterocycles. The van der Waals surface area contributed by atoms with Crippen LogP contribution in [0.15, 0.2) is 46.2 Å². The van der Waals surface area contributed by atoms with Crippen molar-refractivity contribution in [1.82, 2.24) is 29.2 Å². The van der Waals surface area contributed by atoms with Gasteiger partial charge in [-0.25, -0.2) is 9.97 Å². The molecule has 30 heavy (non-hydrogen) atoms. The lowest BCUT2D eigenvalue weighted by atomic mass is 9.71. The number of halogens is 1. The van der Waals surface area contributed by atoms with Gasteiger partial charge in [0.25, 0.3) is 5.56 Å². The Kier molecular flexibility index (Phi) is 4.47. The Morgan fingerprint density at radius 3 is 2.87 bits per heavy atom. The molecule has 9 nitrogen and oxygen atoms in total. The third-order valence-electron chi connectivity index (χ3n) is 5.47. The van der Waals surface area contributed by atoms with Gasteiger partial charge in [-0.3, -0.25) is 14.2 Å². The quantitative estimate of drug-likeness (QED) is 0.453. The number of hydrogen-bond acceptors (Lipinski definition) is 7. The minimum absolute atomic E-state index is 0.0602. The highest BCUT2D eigenvalue weighted by Crippen LogP contribution is 2.42. The van der Waals surface area contributed by atoms with E-state index in [0.29, 0.717) is 46.3 Å². The van der Waals surface area contributed by atoms with Crippen molar-refractivity contribution in [2.45, 2.75) is 25.3 Å². The van der Waals surface area contributed by atoms with Crippen LogP contribution >= 0.6 is 11.6 Å². The number of benzene rings is 1. The second-order valence-corrected chi connectivity index (χ2v) is 7.93. The molecule has 0 bridgehead atoms. The summed E-state index contributed by atoms with van der Waals surface area (Å²) in [4.78, 5) is 37.9. The van der Waals surface area contributed by atoms with Crippen LogP contribution in [0, 0.1) is 5.92 Å². The average molecular weight is 425 g/mol. The molecule has 1 aliphatic rings. The maximum atomic E-state index is 12.6. The van der Waals surface area contributed by atoms with Gasteiger partial charge in [-0.15, -0.1) is 0 Å². The fraction of sp³-hybridized carbons (Fsp3) is 0.300. The van der Waals surface area contributed by atoms with E-state index in [1.54, 1.807) is 42.2 Å². The van der Waals surface area contributed by atoms with E-state index >= 15 is 0 Å². The molecule has 3 aromatic heterocycles. The van der Waals surface area contributed by atoms with E-state index in [0.717, 1.165) is 0 Å². The maximum absolute atomic E-state index is 12.6. The van der Waals surface area contributed by atoms with Crippen molar-refractivity contribution in [2.24, 2.45) is 13.0 Å². The van der Waals surface area contributed by atoms with Crippen LogP contribution < -0.4 is 5.56 Å². The van der Waals surface area contributed by atoms with E-state index < -0.39 is 0 Å². The van der Waals surface area contributed by atoms with E-state index in [1.165, 1.54) is 10.9 Å². The summed E-state index contributed by atoms with van der Waals surface area (Å²) >= 11 is 5.98. The Bertz CT molecular complexity index is 1320. The zero-order chi connectivity index (χ0) is 20.8. The molecule has 0 N–H and O–H groups in total. The van der Waals surface area contributed by atoms with Gasteiger partial charge in [-0.2, -0.15) is 4.98 Å². The smallest absolute Gasteiger partial charge is 0.280 e. The summed E-state index contributed by atoms with van der Waals surface area (Å²) in [6.07, 6.45) is 4.29. The van der Waals surface area contributed by atoms with Gasteiger partial charge in [0, 0.05) is 29.5 Å². The normalized spacial score (nSPS) is 18.5. The number of nitrogens with zero attached hydrogens (tertiary/aromatic N) is 6. The molecule has 3 heterocycles. The van der Waals surface area contributed by atoms with Crippen LogP contribution in [0.1, 0.15) is 40.8 Å². The van der Waals surface area contributed by atoms with E-state index in [1.807, 2.05) is 0 Å². The van der Waals surface area contributed by atoms with Gasteiger partial charge < -0.3 is 9.09 Å². The van der Waals surface area contributed by atoms with Gasteiger partial charge in [0.05, 0.1) is 6.33 Å². The van der Waals surface area contributed by atoms with Crippen LogP contribution in [0.4, 0.5) is 0 Å². The molecule has 152 valence electrons. The molecular formula is C20H17ClN6O3. The molecule has 0 unspecified atom stereocenters. The van der Waals surface area contributed by atoms with Gasteiger partial charge in [0.2, 0.25) is 5.89 Å². The zero-order valence-electron chi connectivity index (χ0n) is 16.0.